The third kappa shape index (κ3) is 21.5. The van der Waals surface area contributed by atoms with Crippen molar-refractivity contribution in [1.29, 1.82) is 0 Å². The molecule has 2 fully saturated rings. The van der Waals surface area contributed by atoms with Gasteiger partial charge in [0.2, 0.25) is 59.1 Å². The fraction of sp³-hybridized carbons (Fsp3) is 0.680. The van der Waals surface area contributed by atoms with Crippen LogP contribution >= 0.6 is 0 Å². The quantitative estimate of drug-likeness (QED) is 0.0578. The molecule has 1 saturated heterocycles. The highest BCUT2D eigenvalue weighted by Gasteiger charge is 2.38. The van der Waals surface area contributed by atoms with Gasteiger partial charge < -0.3 is 91.4 Å². The van der Waals surface area contributed by atoms with Crippen LogP contribution < -0.4 is 76.1 Å². The van der Waals surface area contributed by atoms with Crippen LogP contribution in [-0.2, 0) is 54.4 Å². The first-order valence-electron chi connectivity index (χ1n) is 26.4. The van der Waals surface area contributed by atoms with Gasteiger partial charge >= 0.3 is 0 Å². The molecule has 0 spiro atoms. The lowest BCUT2D eigenvalue weighted by Gasteiger charge is -2.29. The predicted octanol–water partition coefficient (Wildman–Crippen LogP) is -6.13. The van der Waals surface area contributed by atoms with Gasteiger partial charge in [0.1, 0.15) is 54.4 Å². The minimum Gasteiger partial charge on any atom is -0.393 e. The molecule has 2 aliphatic rings. The average Bonchev–Trinajstić information content (AvgIpc) is 3.37. The van der Waals surface area contributed by atoms with E-state index >= 15 is 0 Å². The Labute approximate surface area is 448 Å². The van der Waals surface area contributed by atoms with Crippen LogP contribution in [0.25, 0.3) is 0 Å². The molecular weight excluding hydrogens is 1000 g/mol. The second-order valence-electron chi connectivity index (χ2n) is 20.1. The summed E-state index contributed by atoms with van der Waals surface area (Å²) >= 11 is 0. The number of hydrogen-bond acceptors (Lipinski definition) is 17. The van der Waals surface area contributed by atoms with Crippen molar-refractivity contribution in [3.05, 3.63) is 35.9 Å². The van der Waals surface area contributed by atoms with E-state index in [0.717, 1.165) is 0 Å². The van der Waals surface area contributed by atoms with Gasteiger partial charge in [-0.05, 0) is 116 Å². The standard InChI is InChI=1S/C50H84N14O13/c1-26(2)24-37-47(74)58-32(14-19-51)42(69)57-35(17-22-54)46(73)64-39(27(3)65)49(76)55-23-18-36(45(72)56-33(15-20-52)44(71)62-38(48(75)61-37)25-29-8-6-5-7-9-29)59-43(70)34(16-21-53)60-50(77)40(28(4)66)63-41(68)30-10-12-31(67)13-11-30/h5-9,26-28,30-40,65-67H,10-25,51-54H2,1-4H3,(H,55,76)(H,56,72)(H,57,69)(H,58,74)(H,59,70)(H,60,77)(H,61,75)(H,62,71)(H,63,68)(H,64,73)/t27?,28?,30?,31?,32-,33-,34-,35-,36-,37-,38+,39-,40-/m0/s1. The Morgan fingerprint density at radius 1 is 0.597 bits per heavy atom. The summed E-state index contributed by atoms with van der Waals surface area (Å²) in [5.74, 6) is -9.51. The number of nitrogens with two attached hydrogens (primary N) is 4. The second-order valence-corrected chi connectivity index (χ2v) is 20.1. The number of benzene rings is 1. The number of aliphatic hydroxyl groups is 3. The molecule has 0 bridgehead atoms. The van der Waals surface area contributed by atoms with E-state index in [9.17, 15) is 63.3 Å². The largest absolute Gasteiger partial charge is 0.393 e. The highest BCUT2D eigenvalue weighted by Crippen LogP contribution is 2.24. The lowest BCUT2D eigenvalue weighted by molar-refractivity contribution is -0.137. The molecule has 1 aliphatic carbocycles. The van der Waals surface area contributed by atoms with Crippen molar-refractivity contribution in [2.24, 2.45) is 34.8 Å². The van der Waals surface area contributed by atoms with Crippen molar-refractivity contribution in [3.63, 3.8) is 0 Å². The Balaban J connectivity index is 2.10. The van der Waals surface area contributed by atoms with Gasteiger partial charge in [-0.3, -0.25) is 47.9 Å². The fourth-order valence-corrected chi connectivity index (χ4v) is 8.79. The summed E-state index contributed by atoms with van der Waals surface area (Å²) in [6.07, 6.45) is -3.31. The number of rotatable bonds is 20. The molecule has 27 heteroatoms. The van der Waals surface area contributed by atoms with E-state index in [1.807, 2.05) is 0 Å². The number of amides is 10. The molecule has 0 aromatic heterocycles. The predicted molar refractivity (Wildman–Crippen MR) is 281 cm³/mol. The van der Waals surface area contributed by atoms with Crippen LogP contribution in [0.5, 0.6) is 0 Å². The maximum Gasteiger partial charge on any atom is 0.245 e. The van der Waals surface area contributed by atoms with E-state index in [1.165, 1.54) is 13.8 Å². The molecule has 11 atom stereocenters. The lowest BCUT2D eigenvalue weighted by Crippen LogP contribution is -2.61. The third-order valence-corrected chi connectivity index (χ3v) is 13.2. The molecule has 1 saturated carbocycles. The van der Waals surface area contributed by atoms with Gasteiger partial charge in [0.05, 0.1) is 18.3 Å². The minimum atomic E-state index is -1.67. The number of carbonyl (C=O) groups is 10. The van der Waals surface area contributed by atoms with Crippen molar-refractivity contribution in [2.75, 3.05) is 32.7 Å². The smallest absolute Gasteiger partial charge is 0.245 e. The van der Waals surface area contributed by atoms with Gasteiger partial charge in [0.25, 0.3) is 0 Å². The number of aliphatic hydroxyl groups excluding tert-OH is 3. The van der Waals surface area contributed by atoms with Crippen molar-refractivity contribution >= 4 is 59.1 Å². The van der Waals surface area contributed by atoms with E-state index in [0.29, 0.717) is 31.2 Å². The summed E-state index contributed by atoms with van der Waals surface area (Å²) in [6.45, 7) is 5.01. The third-order valence-electron chi connectivity index (χ3n) is 13.2. The van der Waals surface area contributed by atoms with Crippen molar-refractivity contribution < 1.29 is 63.3 Å². The van der Waals surface area contributed by atoms with Crippen molar-refractivity contribution in [1.82, 2.24) is 53.2 Å². The van der Waals surface area contributed by atoms with E-state index in [1.54, 1.807) is 44.2 Å². The number of carbonyl (C=O) groups excluding carboxylic acids is 10. The Morgan fingerprint density at radius 3 is 1.60 bits per heavy atom. The van der Waals surface area contributed by atoms with Gasteiger partial charge in [0.15, 0.2) is 0 Å². The molecule has 77 heavy (non-hydrogen) atoms. The van der Waals surface area contributed by atoms with Gasteiger partial charge in [0, 0.05) is 18.9 Å². The summed E-state index contributed by atoms with van der Waals surface area (Å²) in [5, 5.41) is 56.8. The number of hydrogen-bond donors (Lipinski definition) is 17. The molecule has 21 N–H and O–H groups in total. The van der Waals surface area contributed by atoms with Crippen LogP contribution in [0.15, 0.2) is 30.3 Å². The van der Waals surface area contributed by atoms with Gasteiger partial charge in [-0.25, -0.2) is 0 Å². The zero-order chi connectivity index (χ0) is 57.4. The Bertz CT molecular complexity index is 2130. The van der Waals surface area contributed by atoms with Crippen LogP contribution in [0.3, 0.4) is 0 Å². The molecule has 2 unspecified atom stereocenters. The van der Waals surface area contributed by atoms with Crippen LogP contribution in [0.4, 0.5) is 0 Å². The normalized spacial score (nSPS) is 26.4. The maximum absolute atomic E-state index is 14.4. The van der Waals surface area contributed by atoms with Crippen LogP contribution in [0, 0.1) is 11.8 Å². The minimum absolute atomic E-state index is 0.0564. The molecule has 0 radical (unpaired) electrons. The molecule has 27 nitrogen and oxygen atoms in total. The lowest BCUT2D eigenvalue weighted by atomic mass is 9.86. The zero-order valence-electron chi connectivity index (χ0n) is 44.5. The maximum atomic E-state index is 14.4. The van der Waals surface area contributed by atoms with E-state index in [2.05, 4.69) is 53.2 Å². The molecule has 1 aromatic carbocycles. The van der Waals surface area contributed by atoms with Crippen molar-refractivity contribution in [3.8, 4) is 0 Å². The van der Waals surface area contributed by atoms with Gasteiger partial charge in [-0.15, -0.1) is 0 Å². The average molecular weight is 1090 g/mol. The zero-order valence-corrected chi connectivity index (χ0v) is 44.5. The van der Waals surface area contributed by atoms with E-state index in [-0.39, 0.29) is 70.6 Å². The summed E-state index contributed by atoms with van der Waals surface area (Å²) in [7, 11) is 0. The molecule has 1 aromatic rings. The van der Waals surface area contributed by atoms with Crippen LogP contribution in [0.2, 0.25) is 0 Å². The highest BCUT2D eigenvalue weighted by atomic mass is 16.3. The van der Waals surface area contributed by atoms with Gasteiger partial charge in [-0.2, -0.15) is 0 Å². The molecular formula is C50H84N14O13. The monoisotopic (exact) mass is 1090 g/mol. The first kappa shape index (κ1) is 64.9. The summed E-state index contributed by atoms with van der Waals surface area (Å²) in [5.41, 5.74) is 24.1. The fourth-order valence-electron chi connectivity index (χ4n) is 8.79. The van der Waals surface area contributed by atoms with E-state index in [4.69, 9.17) is 22.9 Å². The number of nitrogens with one attached hydrogen (secondary N) is 10. The van der Waals surface area contributed by atoms with E-state index < -0.39 is 151 Å². The Kier molecular flexibility index (Phi) is 27.9. The SMILES string of the molecule is CC(C)C[C@@H]1NC(=O)[C@@H](Cc2ccccc2)NC(=O)[C@H](CCN)NC(=O)[C@@H](NC(=O)[C@H](CCN)NC(=O)[C@@H](NC(=O)C2CCC(O)CC2)C(C)O)CCNC(=O)[C@H](C(C)O)NC(=O)[C@H](CCN)NC(=O)[C@H](CCN)NC1=O. The molecule has 432 valence electrons. The molecule has 3 rings (SSSR count). The van der Waals surface area contributed by atoms with Crippen LogP contribution in [-0.4, -0.2) is 180 Å². The summed E-state index contributed by atoms with van der Waals surface area (Å²) in [4.78, 5) is 140. The topological polar surface area (TPSA) is 456 Å². The Morgan fingerprint density at radius 2 is 1.09 bits per heavy atom. The second kappa shape index (κ2) is 33.0. The summed E-state index contributed by atoms with van der Waals surface area (Å²) < 4.78 is 0. The van der Waals surface area contributed by atoms with Gasteiger partial charge in [-0.1, -0.05) is 44.2 Å². The molecule has 1 aliphatic heterocycles. The first-order valence-corrected chi connectivity index (χ1v) is 26.4. The first-order chi connectivity index (χ1) is 36.5. The highest BCUT2D eigenvalue weighted by molar-refractivity contribution is 5.99. The van der Waals surface area contributed by atoms with Crippen molar-refractivity contribution in [2.45, 2.75) is 171 Å². The summed E-state index contributed by atoms with van der Waals surface area (Å²) in [6, 6.07) is -4.63. The van der Waals surface area contributed by atoms with Crippen LogP contribution in [0.1, 0.15) is 97.5 Å². The molecule has 1 heterocycles. The Hall–Kier alpha value is -6.36. The molecule has 10 amide bonds.